The second-order valence-electron chi connectivity index (χ2n) is 9.19. The van der Waals surface area contributed by atoms with Crippen LogP contribution in [0, 0.1) is 13.8 Å². The zero-order valence-corrected chi connectivity index (χ0v) is 22.2. The summed E-state index contributed by atoms with van der Waals surface area (Å²) in [5.74, 6) is 0.0865. The molecular weight excluding hydrogens is 516 g/mol. The summed E-state index contributed by atoms with van der Waals surface area (Å²) in [6, 6.07) is 17.4. The Morgan fingerprint density at radius 3 is 2.46 bits per heavy atom. The van der Waals surface area contributed by atoms with Crippen LogP contribution in [-0.2, 0) is 29.1 Å². The highest BCUT2D eigenvalue weighted by Crippen LogP contribution is 2.18. The normalized spacial score (nSPS) is 11.0. The van der Waals surface area contributed by atoms with Crippen molar-refractivity contribution >= 4 is 39.1 Å². The number of nitrogens with one attached hydrogen (secondary N) is 2. The molecule has 0 aliphatic rings. The number of fused-ring (bicyclic) bond motifs is 1. The average Bonchev–Trinajstić information content (AvgIpc) is 3.61. The number of anilines is 1. The smallest absolute Gasteiger partial charge is 0.336 e. The minimum Gasteiger partial charge on any atom is -0.467 e. The topological polar surface area (TPSA) is 115 Å². The molecule has 39 heavy (non-hydrogen) atoms. The van der Waals surface area contributed by atoms with Crippen LogP contribution in [0.5, 0.6) is 0 Å². The second kappa shape index (κ2) is 11.0. The highest BCUT2D eigenvalue weighted by molar-refractivity contribution is 7.17. The minimum absolute atomic E-state index is 0.128. The zero-order valence-electron chi connectivity index (χ0n) is 21.4. The Labute approximate surface area is 227 Å². The first-order valence-corrected chi connectivity index (χ1v) is 13.2. The maximum absolute atomic E-state index is 13.5. The van der Waals surface area contributed by atoms with Gasteiger partial charge in [0.2, 0.25) is 11.8 Å². The monoisotopic (exact) mass is 542 g/mol. The van der Waals surface area contributed by atoms with E-state index < -0.39 is 11.2 Å². The Morgan fingerprint density at radius 2 is 1.74 bits per heavy atom. The summed E-state index contributed by atoms with van der Waals surface area (Å²) in [6.07, 6.45) is 1.67. The quantitative estimate of drug-likeness (QED) is 0.308. The van der Waals surface area contributed by atoms with Crippen LogP contribution in [0.3, 0.4) is 0 Å². The van der Waals surface area contributed by atoms with Gasteiger partial charge in [0.1, 0.15) is 17.0 Å². The minimum atomic E-state index is -0.620. The number of rotatable bonds is 8. The summed E-state index contributed by atoms with van der Waals surface area (Å²) in [5, 5.41) is 7.34. The average molecular weight is 543 g/mol. The first kappa shape index (κ1) is 25.9. The van der Waals surface area contributed by atoms with Gasteiger partial charge in [0, 0.05) is 5.69 Å². The van der Waals surface area contributed by atoms with Gasteiger partial charge in [-0.25, -0.2) is 9.36 Å². The number of benzene rings is 2. The fourth-order valence-corrected chi connectivity index (χ4v) is 5.06. The van der Waals surface area contributed by atoms with Crippen LogP contribution in [-0.4, -0.2) is 20.9 Å². The standard InChI is InChI=1S/C29H26N4O5S/c1-18-5-8-21(14-19(18)2)31-26(35)17-32-24-11-13-39-27(24)28(36)33(29(32)37)22-9-6-20(7-10-22)15-25(34)30-16-23-4-3-12-38-23/h3-14H,15-17H2,1-2H3,(H,30,34)(H,31,35). The summed E-state index contributed by atoms with van der Waals surface area (Å²) >= 11 is 1.21. The first-order chi connectivity index (χ1) is 18.8. The Morgan fingerprint density at radius 1 is 0.949 bits per heavy atom. The van der Waals surface area contributed by atoms with E-state index in [1.807, 2.05) is 32.0 Å². The molecule has 2 amide bonds. The molecule has 2 N–H and O–H groups in total. The number of aromatic nitrogens is 2. The third kappa shape index (κ3) is 5.60. The summed E-state index contributed by atoms with van der Waals surface area (Å²) < 4.78 is 7.95. The van der Waals surface area contributed by atoms with Gasteiger partial charge in [-0.15, -0.1) is 11.3 Å². The van der Waals surface area contributed by atoms with E-state index in [2.05, 4.69) is 10.6 Å². The summed E-state index contributed by atoms with van der Waals surface area (Å²) in [6.45, 7) is 3.98. The number of aryl methyl sites for hydroxylation is 2. The summed E-state index contributed by atoms with van der Waals surface area (Å²) in [4.78, 5) is 52.0. The molecule has 0 aliphatic carbocycles. The fraction of sp³-hybridized carbons (Fsp3) is 0.172. The van der Waals surface area contributed by atoms with Gasteiger partial charge in [-0.1, -0.05) is 18.2 Å². The number of hydrogen-bond acceptors (Lipinski definition) is 6. The number of amides is 2. The molecular formula is C29H26N4O5S. The molecule has 0 saturated heterocycles. The van der Waals surface area contributed by atoms with E-state index in [1.165, 1.54) is 15.9 Å². The Hall–Kier alpha value is -4.70. The Bertz CT molecular complexity index is 1780. The number of hydrogen-bond donors (Lipinski definition) is 2. The van der Waals surface area contributed by atoms with Crippen molar-refractivity contribution in [1.29, 1.82) is 0 Å². The number of carbonyl (C=O) groups excluding carboxylic acids is 2. The predicted molar refractivity (Wildman–Crippen MR) is 150 cm³/mol. The van der Waals surface area contributed by atoms with Crippen molar-refractivity contribution in [2.24, 2.45) is 0 Å². The molecule has 0 radical (unpaired) electrons. The molecule has 2 aromatic carbocycles. The van der Waals surface area contributed by atoms with E-state index in [1.54, 1.807) is 54.1 Å². The van der Waals surface area contributed by atoms with Crippen molar-refractivity contribution in [3.63, 3.8) is 0 Å². The van der Waals surface area contributed by atoms with Crippen LogP contribution in [0.25, 0.3) is 15.9 Å². The third-order valence-electron chi connectivity index (χ3n) is 6.45. The van der Waals surface area contributed by atoms with Gasteiger partial charge in [-0.2, -0.15) is 0 Å². The van der Waals surface area contributed by atoms with Gasteiger partial charge < -0.3 is 15.1 Å². The van der Waals surface area contributed by atoms with Crippen LogP contribution in [0.4, 0.5) is 5.69 Å². The van der Waals surface area contributed by atoms with Crippen molar-refractivity contribution in [2.45, 2.75) is 33.4 Å². The Balaban J connectivity index is 1.38. The molecule has 3 heterocycles. The molecule has 5 rings (SSSR count). The van der Waals surface area contributed by atoms with Crippen molar-refractivity contribution < 1.29 is 14.0 Å². The van der Waals surface area contributed by atoms with Crippen LogP contribution < -0.4 is 21.9 Å². The number of thiophene rings is 1. The number of nitrogens with zero attached hydrogens (tertiary/aromatic N) is 2. The van der Waals surface area contributed by atoms with Gasteiger partial charge in [0.05, 0.1) is 30.4 Å². The van der Waals surface area contributed by atoms with Crippen LogP contribution in [0.2, 0.25) is 0 Å². The van der Waals surface area contributed by atoms with Crippen molar-refractivity contribution in [3.05, 3.63) is 116 Å². The maximum Gasteiger partial charge on any atom is 0.336 e. The van der Waals surface area contributed by atoms with E-state index >= 15 is 0 Å². The molecule has 9 nitrogen and oxygen atoms in total. The van der Waals surface area contributed by atoms with Gasteiger partial charge in [-0.3, -0.25) is 19.0 Å². The number of furan rings is 1. The van der Waals surface area contributed by atoms with Crippen molar-refractivity contribution in [3.8, 4) is 5.69 Å². The molecule has 3 aromatic heterocycles. The SMILES string of the molecule is Cc1ccc(NC(=O)Cn2c(=O)n(-c3ccc(CC(=O)NCc4ccco4)cc3)c(=O)c3sccc32)cc1C. The van der Waals surface area contributed by atoms with E-state index in [0.717, 1.165) is 15.7 Å². The highest BCUT2D eigenvalue weighted by atomic mass is 32.1. The highest BCUT2D eigenvalue weighted by Gasteiger charge is 2.18. The van der Waals surface area contributed by atoms with Crippen LogP contribution >= 0.6 is 11.3 Å². The van der Waals surface area contributed by atoms with E-state index in [0.29, 0.717) is 32.9 Å². The third-order valence-corrected chi connectivity index (χ3v) is 7.34. The molecule has 0 fully saturated rings. The largest absolute Gasteiger partial charge is 0.467 e. The Kier molecular flexibility index (Phi) is 7.29. The maximum atomic E-state index is 13.5. The lowest BCUT2D eigenvalue weighted by atomic mass is 10.1. The molecule has 0 bridgehead atoms. The number of carbonyl (C=O) groups is 2. The molecule has 10 heteroatoms. The molecule has 198 valence electrons. The lowest BCUT2D eigenvalue weighted by Gasteiger charge is -2.13. The fourth-order valence-electron chi connectivity index (χ4n) is 4.24. The van der Waals surface area contributed by atoms with Crippen molar-refractivity contribution in [2.75, 3.05) is 5.32 Å². The molecule has 0 spiro atoms. The van der Waals surface area contributed by atoms with Crippen LogP contribution in [0.15, 0.2) is 86.3 Å². The lowest BCUT2D eigenvalue weighted by molar-refractivity contribution is -0.120. The van der Waals surface area contributed by atoms with Gasteiger partial charge in [0.25, 0.3) is 5.56 Å². The summed E-state index contributed by atoms with van der Waals surface area (Å²) in [5.41, 5.74) is 3.18. The molecule has 5 aromatic rings. The second-order valence-corrected chi connectivity index (χ2v) is 10.1. The summed E-state index contributed by atoms with van der Waals surface area (Å²) in [7, 11) is 0. The predicted octanol–water partition coefficient (Wildman–Crippen LogP) is 3.92. The molecule has 0 unspecified atom stereocenters. The van der Waals surface area contributed by atoms with Crippen molar-refractivity contribution in [1.82, 2.24) is 14.5 Å². The molecule has 0 saturated carbocycles. The van der Waals surface area contributed by atoms with Gasteiger partial charge in [0.15, 0.2) is 0 Å². The van der Waals surface area contributed by atoms with Gasteiger partial charge >= 0.3 is 5.69 Å². The van der Waals surface area contributed by atoms with E-state index in [4.69, 9.17) is 4.42 Å². The zero-order chi connectivity index (χ0) is 27.5. The van der Waals surface area contributed by atoms with E-state index in [9.17, 15) is 19.2 Å². The lowest BCUT2D eigenvalue weighted by Crippen LogP contribution is -2.40. The first-order valence-electron chi connectivity index (χ1n) is 12.3. The molecule has 0 aliphatic heterocycles. The van der Waals surface area contributed by atoms with Gasteiger partial charge in [-0.05, 0) is 78.4 Å². The van der Waals surface area contributed by atoms with Crippen LogP contribution in [0.1, 0.15) is 22.5 Å². The van der Waals surface area contributed by atoms with E-state index in [-0.39, 0.29) is 31.3 Å². The molecule has 0 atom stereocenters.